The Hall–Kier alpha value is -3.00. The van der Waals surface area contributed by atoms with E-state index in [-0.39, 0.29) is 24.2 Å². The van der Waals surface area contributed by atoms with E-state index in [0.29, 0.717) is 16.5 Å². The molecule has 1 amide bonds. The maximum absolute atomic E-state index is 13.1. The Labute approximate surface area is 164 Å². The Bertz CT molecular complexity index is 1030. The molecule has 0 N–H and O–H groups in total. The third-order valence-corrected chi connectivity index (χ3v) is 4.45. The van der Waals surface area contributed by atoms with Crippen molar-refractivity contribution in [3.05, 3.63) is 76.7 Å². The maximum Gasteiger partial charge on any atom is 0.416 e. The second kappa shape index (κ2) is 8.16. The third kappa shape index (κ3) is 4.54. The van der Waals surface area contributed by atoms with Gasteiger partial charge in [0.2, 0.25) is 0 Å². The Balaban J connectivity index is 1.95. The van der Waals surface area contributed by atoms with Crippen LogP contribution in [0.5, 0.6) is 0 Å². The molecule has 0 radical (unpaired) electrons. The maximum atomic E-state index is 13.1. The normalized spacial score (nSPS) is 11.7. The molecule has 0 aliphatic carbocycles. The van der Waals surface area contributed by atoms with Crippen LogP contribution >= 0.6 is 0 Å². The fourth-order valence-corrected chi connectivity index (χ4v) is 2.95. The van der Waals surface area contributed by atoms with E-state index in [1.165, 1.54) is 24.4 Å². The summed E-state index contributed by atoms with van der Waals surface area (Å²) in [5, 5.41) is 1.58. The van der Waals surface area contributed by atoms with Crippen LogP contribution in [0.3, 0.4) is 0 Å². The first-order chi connectivity index (χ1) is 13.7. The molecule has 0 aliphatic heterocycles. The number of benzene rings is 2. The molecule has 1 heterocycles. The van der Waals surface area contributed by atoms with Gasteiger partial charge in [-0.3, -0.25) is 14.6 Å². The molecule has 4 nitrogen and oxygen atoms in total. The minimum atomic E-state index is -4.47. The van der Waals surface area contributed by atoms with Crippen LogP contribution in [0.2, 0.25) is 0 Å². The lowest BCUT2D eigenvalue weighted by Crippen LogP contribution is -2.31. The van der Waals surface area contributed by atoms with Gasteiger partial charge in [0.25, 0.3) is 5.91 Å². The van der Waals surface area contributed by atoms with Crippen molar-refractivity contribution in [3.63, 3.8) is 0 Å². The Morgan fingerprint density at radius 2 is 1.83 bits per heavy atom. The molecule has 1 aromatic heterocycles. The van der Waals surface area contributed by atoms with Crippen LogP contribution in [0.4, 0.5) is 17.6 Å². The van der Waals surface area contributed by atoms with Crippen molar-refractivity contribution >= 4 is 16.8 Å². The molecule has 0 saturated carbocycles. The van der Waals surface area contributed by atoms with Crippen molar-refractivity contribution in [2.45, 2.75) is 26.6 Å². The number of aromatic nitrogens is 1. The molecule has 0 atom stereocenters. The number of carbonyl (C=O) groups is 1. The van der Waals surface area contributed by atoms with Crippen LogP contribution in [0, 0.1) is 12.7 Å². The lowest BCUT2D eigenvalue weighted by atomic mass is 10.0. The predicted octanol–water partition coefficient (Wildman–Crippen LogP) is 5.30. The van der Waals surface area contributed by atoms with Crippen molar-refractivity contribution < 1.29 is 27.2 Å². The number of pyridine rings is 1. The minimum absolute atomic E-state index is 0.0808. The molecule has 0 unspecified atom stereocenters. The largest absolute Gasteiger partial charge is 0.416 e. The highest BCUT2D eigenvalue weighted by Crippen LogP contribution is 2.32. The summed E-state index contributed by atoms with van der Waals surface area (Å²) in [6.07, 6.45) is -3.23. The van der Waals surface area contributed by atoms with E-state index in [2.05, 4.69) is 4.98 Å². The van der Waals surface area contributed by atoms with E-state index in [4.69, 9.17) is 4.84 Å². The average Bonchev–Trinajstić information content (AvgIpc) is 2.68. The second-order valence-corrected chi connectivity index (χ2v) is 6.41. The van der Waals surface area contributed by atoms with E-state index >= 15 is 0 Å². The molecule has 0 spiro atoms. The Morgan fingerprint density at radius 1 is 1.14 bits per heavy atom. The zero-order chi connectivity index (χ0) is 21.2. The summed E-state index contributed by atoms with van der Waals surface area (Å²) in [4.78, 5) is 22.5. The molecule has 0 bridgehead atoms. The van der Waals surface area contributed by atoms with Crippen molar-refractivity contribution in [1.29, 1.82) is 0 Å². The number of carbonyl (C=O) groups excluding carboxylic acids is 1. The summed E-state index contributed by atoms with van der Waals surface area (Å²) in [5.41, 5.74) is 0.721. The van der Waals surface area contributed by atoms with E-state index < -0.39 is 23.5 Å². The minimum Gasteiger partial charge on any atom is -0.271 e. The van der Waals surface area contributed by atoms with Gasteiger partial charge in [0, 0.05) is 11.6 Å². The molecule has 29 heavy (non-hydrogen) atoms. The number of hydrogen-bond acceptors (Lipinski definition) is 3. The standard InChI is InChI=1S/C21H18F4N2O2/c1-3-29-27(12-14-4-7-16(22)8-5-14)20(28)18-11-26-19-10-15(21(23,24)25)6-9-17(19)13(18)2/h4-11H,3,12H2,1-2H3. The van der Waals surface area contributed by atoms with Gasteiger partial charge in [-0.25, -0.2) is 9.45 Å². The van der Waals surface area contributed by atoms with Gasteiger partial charge in [-0.1, -0.05) is 18.2 Å². The van der Waals surface area contributed by atoms with Crippen LogP contribution < -0.4 is 0 Å². The molecule has 3 aromatic rings. The highest BCUT2D eigenvalue weighted by Gasteiger charge is 2.31. The van der Waals surface area contributed by atoms with E-state index in [9.17, 15) is 22.4 Å². The van der Waals surface area contributed by atoms with Gasteiger partial charge in [0.15, 0.2) is 0 Å². The van der Waals surface area contributed by atoms with E-state index in [1.54, 1.807) is 26.0 Å². The zero-order valence-electron chi connectivity index (χ0n) is 15.8. The predicted molar refractivity (Wildman–Crippen MR) is 99.4 cm³/mol. The number of rotatable bonds is 5. The summed E-state index contributed by atoms with van der Waals surface area (Å²) >= 11 is 0. The van der Waals surface area contributed by atoms with Crippen molar-refractivity contribution in [1.82, 2.24) is 10.0 Å². The molecular formula is C21H18F4N2O2. The number of halogens is 4. The number of nitrogens with zero attached hydrogens (tertiary/aromatic N) is 2. The van der Waals surface area contributed by atoms with Crippen LogP contribution in [-0.2, 0) is 17.6 Å². The number of amides is 1. The molecule has 8 heteroatoms. The number of alkyl halides is 3. The van der Waals surface area contributed by atoms with Crippen molar-refractivity contribution in [2.75, 3.05) is 6.61 Å². The lowest BCUT2D eigenvalue weighted by molar-refractivity contribution is -0.137. The number of hydrogen-bond donors (Lipinski definition) is 0. The van der Waals surface area contributed by atoms with Gasteiger partial charge >= 0.3 is 6.18 Å². The van der Waals surface area contributed by atoms with Crippen molar-refractivity contribution in [3.8, 4) is 0 Å². The zero-order valence-corrected chi connectivity index (χ0v) is 15.8. The van der Waals surface area contributed by atoms with Crippen LogP contribution in [0.1, 0.15) is 34.0 Å². The monoisotopic (exact) mass is 406 g/mol. The highest BCUT2D eigenvalue weighted by molar-refractivity contribution is 5.99. The SMILES string of the molecule is CCON(Cc1ccc(F)cc1)C(=O)c1cnc2cc(C(F)(F)F)ccc2c1C. The fourth-order valence-electron chi connectivity index (χ4n) is 2.95. The molecule has 0 fully saturated rings. The Kier molecular flexibility index (Phi) is 5.83. The van der Waals surface area contributed by atoms with Crippen LogP contribution in [-0.4, -0.2) is 22.6 Å². The van der Waals surface area contributed by atoms with Gasteiger partial charge in [-0.05, 0) is 49.2 Å². The second-order valence-electron chi connectivity index (χ2n) is 6.41. The van der Waals surface area contributed by atoms with Gasteiger partial charge in [-0.15, -0.1) is 0 Å². The molecule has 0 saturated heterocycles. The number of fused-ring (bicyclic) bond motifs is 1. The quantitative estimate of drug-likeness (QED) is 0.427. The summed E-state index contributed by atoms with van der Waals surface area (Å²) in [6, 6.07) is 8.87. The summed E-state index contributed by atoms with van der Waals surface area (Å²) in [7, 11) is 0. The number of hydroxylamine groups is 2. The lowest BCUT2D eigenvalue weighted by Gasteiger charge is -2.22. The van der Waals surface area contributed by atoms with Gasteiger partial charge in [0.1, 0.15) is 5.82 Å². The van der Waals surface area contributed by atoms with Crippen LogP contribution in [0.25, 0.3) is 10.9 Å². The third-order valence-electron chi connectivity index (χ3n) is 4.45. The smallest absolute Gasteiger partial charge is 0.271 e. The summed E-state index contributed by atoms with van der Waals surface area (Å²) in [6.45, 7) is 3.67. The summed E-state index contributed by atoms with van der Waals surface area (Å²) < 4.78 is 51.9. The molecule has 3 rings (SSSR count). The van der Waals surface area contributed by atoms with Crippen molar-refractivity contribution in [2.24, 2.45) is 0 Å². The first-order valence-corrected chi connectivity index (χ1v) is 8.86. The first kappa shape index (κ1) is 20.7. The number of aryl methyl sites for hydroxylation is 1. The average molecular weight is 406 g/mol. The molecule has 0 aliphatic rings. The van der Waals surface area contributed by atoms with Gasteiger partial charge < -0.3 is 0 Å². The van der Waals surface area contributed by atoms with E-state index in [0.717, 1.165) is 17.2 Å². The van der Waals surface area contributed by atoms with Gasteiger partial charge in [0.05, 0.1) is 29.8 Å². The van der Waals surface area contributed by atoms with E-state index in [1.807, 2.05) is 0 Å². The first-order valence-electron chi connectivity index (χ1n) is 8.86. The molecule has 152 valence electrons. The Morgan fingerprint density at radius 3 is 2.45 bits per heavy atom. The summed E-state index contributed by atoms with van der Waals surface area (Å²) in [5.74, 6) is -0.876. The fraction of sp³-hybridized carbons (Fsp3) is 0.238. The molecule has 2 aromatic carbocycles. The molecular weight excluding hydrogens is 388 g/mol. The highest BCUT2D eigenvalue weighted by atomic mass is 19.4. The van der Waals surface area contributed by atoms with Crippen LogP contribution in [0.15, 0.2) is 48.7 Å². The van der Waals surface area contributed by atoms with Gasteiger partial charge in [-0.2, -0.15) is 13.2 Å². The topological polar surface area (TPSA) is 42.4 Å².